The van der Waals surface area contributed by atoms with Crippen LogP contribution < -0.4 is 5.73 Å². The van der Waals surface area contributed by atoms with Crippen LogP contribution in [0.5, 0.6) is 0 Å². The Balaban J connectivity index is 2.65. The van der Waals surface area contributed by atoms with Crippen molar-refractivity contribution in [1.29, 1.82) is 0 Å². The molecule has 0 amide bonds. The first-order valence-corrected chi connectivity index (χ1v) is 7.00. The zero-order chi connectivity index (χ0) is 13.2. The van der Waals surface area contributed by atoms with Crippen LogP contribution in [0.3, 0.4) is 0 Å². The minimum absolute atomic E-state index is 0.0989. The molecule has 1 heterocycles. The van der Waals surface area contributed by atoms with Crippen molar-refractivity contribution in [2.45, 2.75) is 23.3 Å². The maximum absolute atomic E-state index is 12.5. The summed E-state index contributed by atoms with van der Waals surface area (Å²) in [5, 5.41) is 0. The van der Waals surface area contributed by atoms with Gasteiger partial charge in [-0.25, -0.2) is 8.42 Å². The number of hydrogen-bond donors (Lipinski definition) is 1. The van der Waals surface area contributed by atoms with Crippen molar-refractivity contribution in [3.8, 4) is 0 Å². The first-order valence-electron chi connectivity index (χ1n) is 5.51. The summed E-state index contributed by atoms with van der Waals surface area (Å²) in [6, 6.07) is 9.90. The fourth-order valence-corrected chi connectivity index (χ4v) is 3.24. The zero-order valence-electron chi connectivity index (χ0n) is 10.00. The van der Waals surface area contributed by atoms with Gasteiger partial charge in [-0.1, -0.05) is 18.2 Å². The third-order valence-corrected chi connectivity index (χ3v) is 4.43. The fraction of sp³-hybridized carbons (Fsp3) is 0.154. The van der Waals surface area contributed by atoms with Crippen molar-refractivity contribution < 1.29 is 8.42 Å². The second-order valence-corrected chi connectivity index (χ2v) is 5.90. The molecule has 2 rings (SSSR count). The minimum atomic E-state index is -3.55. The number of rotatable bonds is 3. The molecule has 4 nitrogen and oxygen atoms in total. The molecule has 0 aliphatic heterocycles. The smallest absolute Gasteiger partial charge is 0.208 e. The van der Waals surface area contributed by atoms with E-state index in [1.165, 1.54) is 0 Å². The molecule has 2 aromatic rings. The first-order chi connectivity index (χ1) is 8.55. The number of pyridine rings is 1. The summed E-state index contributed by atoms with van der Waals surface area (Å²) in [6.07, 6.45) is 1.62. The molecule has 0 fully saturated rings. The number of aromatic nitrogens is 1. The first kappa shape index (κ1) is 12.7. The Morgan fingerprint density at radius 1 is 1.22 bits per heavy atom. The van der Waals surface area contributed by atoms with Crippen LogP contribution in [0.2, 0.25) is 0 Å². The lowest BCUT2D eigenvalue weighted by molar-refractivity contribution is 0.594. The lowest BCUT2D eigenvalue weighted by Gasteiger charge is -2.09. The molecule has 1 aromatic carbocycles. The number of nitrogens with zero attached hydrogens (tertiary/aromatic N) is 1. The molecule has 0 atom stereocenters. The highest BCUT2D eigenvalue weighted by atomic mass is 32.2. The molecule has 2 N–H and O–H groups in total. The molecular weight excluding hydrogens is 248 g/mol. The van der Waals surface area contributed by atoms with E-state index in [2.05, 4.69) is 4.98 Å². The van der Waals surface area contributed by atoms with E-state index in [0.29, 0.717) is 5.69 Å². The van der Waals surface area contributed by atoms with Crippen LogP contribution in [0.1, 0.15) is 11.3 Å². The highest BCUT2D eigenvalue weighted by molar-refractivity contribution is 7.91. The number of nitrogens with two attached hydrogens (primary N) is 1. The number of sulfone groups is 1. The van der Waals surface area contributed by atoms with Gasteiger partial charge in [-0.2, -0.15) is 0 Å². The normalized spacial score (nSPS) is 11.4. The Morgan fingerprint density at radius 2 is 1.89 bits per heavy atom. The van der Waals surface area contributed by atoms with Crippen LogP contribution in [0.15, 0.2) is 52.4 Å². The van der Waals surface area contributed by atoms with Gasteiger partial charge in [0.2, 0.25) is 9.84 Å². The lowest BCUT2D eigenvalue weighted by atomic mass is 10.3. The second-order valence-electron chi connectivity index (χ2n) is 3.98. The van der Waals surface area contributed by atoms with Crippen LogP contribution >= 0.6 is 0 Å². The van der Waals surface area contributed by atoms with E-state index in [4.69, 9.17) is 5.73 Å². The molecule has 0 aliphatic rings. The fourth-order valence-electron chi connectivity index (χ4n) is 1.68. The number of hydrogen-bond acceptors (Lipinski definition) is 4. The van der Waals surface area contributed by atoms with Gasteiger partial charge in [0.1, 0.15) is 0 Å². The van der Waals surface area contributed by atoms with E-state index in [-0.39, 0.29) is 16.3 Å². The number of benzene rings is 1. The molecule has 5 heteroatoms. The summed E-state index contributed by atoms with van der Waals surface area (Å²) in [4.78, 5) is 4.53. The summed E-state index contributed by atoms with van der Waals surface area (Å²) in [5.41, 5.74) is 6.73. The van der Waals surface area contributed by atoms with Crippen molar-refractivity contribution in [3.05, 3.63) is 53.9 Å². The molecule has 0 unspecified atom stereocenters. The van der Waals surface area contributed by atoms with E-state index in [1.54, 1.807) is 49.5 Å². The van der Waals surface area contributed by atoms with Crippen LogP contribution in [0.4, 0.5) is 0 Å². The van der Waals surface area contributed by atoms with Crippen molar-refractivity contribution in [2.75, 3.05) is 0 Å². The summed E-state index contributed by atoms with van der Waals surface area (Å²) in [7, 11) is -3.55. The summed E-state index contributed by atoms with van der Waals surface area (Å²) in [6.45, 7) is 1.90. The Labute approximate surface area is 106 Å². The largest absolute Gasteiger partial charge is 0.325 e. The van der Waals surface area contributed by atoms with Crippen LogP contribution in [0, 0.1) is 6.92 Å². The molecular formula is C13H14N2O2S. The molecule has 0 aliphatic carbocycles. The van der Waals surface area contributed by atoms with Gasteiger partial charge in [-0.3, -0.25) is 4.98 Å². The molecule has 94 valence electrons. The molecule has 0 saturated heterocycles. The standard InChI is InChI=1S/C13H14N2O2S/c1-10-7-13(12(8-14)15-9-10)18(16,17)11-5-3-2-4-6-11/h2-7,9H,8,14H2,1H3. The van der Waals surface area contributed by atoms with Gasteiger partial charge < -0.3 is 5.73 Å². The maximum Gasteiger partial charge on any atom is 0.208 e. The quantitative estimate of drug-likeness (QED) is 0.913. The Hall–Kier alpha value is -1.72. The number of aryl methyl sites for hydroxylation is 1. The van der Waals surface area contributed by atoms with Crippen molar-refractivity contribution in [1.82, 2.24) is 4.98 Å². The third-order valence-electron chi connectivity index (χ3n) is 2.60. The second kappa shape index (κ2) is 4.88. The Morgan fingerprint density at radius 3 is 2.50 bits per heavy atom. The highest BCUT2D eigenvalue weighted by Gasteiger charge is 2.21. The molecule has 0 saturated carbocycles. The predicted octanol–water partition coefficient (Wildman–Crippen LogP) is 1.68. The van der Waals surface area contributed by atoms with Gasteiger partial charge in [0.25, 0.3) is 0 Å². The Bertz CT molecular complexity index is 652. The molecule has 0 radical (unpaired) electrons. The van der Waals surface area contributed by atoms with Gasteiger partial charge in [0.15, 0.2) is 0 Å². The summed E-state index contributed by atoms with van der Waals surface area (Å²) in [5.74, 6) is 0. The van der Waals surface area contributed by atoms with Crippen LogP contribution in [-0.2, 0) is 16.4 Å². The monoisotopic (exact) mass is 262 g/mol. The predicted molar refractivity (Wildman–Crippen MR) is 68.8 cm³/mol. The van der Waals surface area contributed by atoms with E-state index in [1.807, 2.05) is 0 Å². The molecule has 0 bridgehead atoms. The van der Waals surface area contributed by atoms with Crippen molar-refractivity contribution in [2.24, 2.45) is 5.73 Å². The van der Waals surface area contributed by atoms with Crippen LogP contribution in [0.25, 0.3) is 0 Å². The summed E-state index contributed by atoms with van der Waals surface area (Å²) >= 11 is 0. The van der Waals surface area contributed by atoms with E-state index in [9.17, 15) is 8.42 Å². The van der Waals surface area contributed by atoms with Crippen LogP contribution in [-0.4, -0.2) is 13.4 Å². The SMILES string of the molecule is Cc1cnc(CN)c(S(=O)(=O)c2ccccc2)c1. The molecule has 1 aromatic heterocycles. The van der Waals surface area contributed by atoms with E-state index >= 15 is 0 Å². The third kappa shape index (κ3) is 2.27. The minimum Gasteiger partial charge on any atom is -0.325 e. The lowest BCUT2D eigenvalue weighted by Crippen LogP contribution is -2.11. The van der Waals surface area contributed by atoms with Crippen molar-refractivity contribution in [3.63, 3.8) is 0 Å². The van der Waals surface area contributed by atoms with Crippen molar-refractivity contribution >= 4 is 9.84 Å². The van der Waals surface area contributed by atoms with Gasteiger partial charge in [-0.15, -0.1) is 0 Å². The van der Waals surface area contributed by atoms with Gasteiger partial charge in [0, 0.05) is 12.7 Å². The summed E-state index contributed by atoms with van der Waals surface area (Å²) < 4.78 is 24.9. The maximum atomic E-state index is 12.5. The molecule has 18 heavy (non-hydrogen) atoms. The Kier molecular flexibility index (Phi) is 3.45. The van der Waals surface area contributed by atoms with E-state index < -0.39 is 9.84 Å². The van der Waals surface area contributed by atoms with E-state index in [0.717, 1.165) is 5.56 Å². The highest BCUT2D eigenvalue weighted by Crippen LogP contribution is 2.23. The molecule has 0 spiro atoms. The van der Waals surface area contributed by atoms with Gasteiger partial charge in [-0.05, 0) is 30.7 Å². The average molecular weight is 262 g/mol. The van der Waals surface area contributed by atoms with Gasteiger partial charge in [0.05, 0.1) is 15.5 Å². The zero-order valence-corrected chi connectivity index (χ0v) is 10.8. The topological polar surface area (TPSA) is 73.0 Å². The van der Waals surface area contributed by atoms with Gasteiger partial charge >= 0.3 is 0 Å². The average Bonchev–Trinajstić information content (AvgIpc) is 2.39.